The first kappa shape index (κ1) is 32.6. The summed E-state index contributed by atoms with van der Waals surface area (Å²) in [6, 6.07) is 5.06. The van der Waals surface area contributed by atoms with Crippen molar-refractivity contribution in [3.63, 3.8) is 0 Å². The summed E-state index contributed by atoms with van der Waals surface area (Å²) in [5.41, 5.74) is -1.73. The fourth-order valence-corrected chi connectivity index (χ4v) is 6.55. The second-order valence-electron chi connectivity index (χ2n) is 11.5. The van der Waals surface area contributed by atoms with Crippen molar-refractivity contribution in [1.29, 1.82) is 0 Å². The molecule has 0 bridgehead atoms. The third-order valence-electron chi connectivity index (χ3n) is 8.56. The predicted molar refractivity (Wildman–Crippen MR) is 145 cm³/mol. The summed E-state index contributed by atoms with van der Waals surface area (Å²) in [6.07, 6.45) is -9.53. The maximum Gasteiger partial charge on any atom is 0.416 e. The number of fused-ring (bicyclic) bond motifs is 1. The van der Waals surface area contributed by atoms with Crippen LogP contribution in [0.2, 0.25) is 0 Å². The van der Waals surface area contributed by atoms with E-state index in [4.69, 9.17) is 0 Å². The van der Waals surface area contributed by atoms with Crippen molar-refractivity contribution in [2.24, 2.45) is 5.41 Å². The monoisotopic (exact) mass is 615 g/mol. The van der Waals surface area contributed by atoms with Crippen molar-refractivity contribution in [3.05, 3.63) is 69.8 Å². The average Bonchev–Trinajstić information content (AvgIpc) is 3.18. The molecule has 4 rings (SSSR count). The van der Waals surface area contributed by atoms with E-state index >= 15 is 0 Å². The van der Waals surface area contributed by atoms with Crippen LogP contribution in [0.1, 0.15) is 58.7 Å². The number of amides is 3. The molecule has 0 aromatic heterocycles. The van der Waals surface area contributed by atoms with Crippen LogP contribution in [0.5, 0.6) is 0 Å². The second-order valence-corrected chi connectivity index (χ2v) is 11.5. The Morgan fingerprint density at radius 3 is 2.05 bits per heavy atom. The molecule has 2 aromatic carbocycles. The number of nitrogens with zero attached hydrogens (tertiary/aromatic N) is 3. The Kier molecular flexibility index (Phi) is 9.09. The fraction of sp³-hybridized carbons (Fsp3) is 0.533. The van der Waals surface area contributed by atoms with Crippen molar-refractivity contribution >= 4 is 11.9 Å². The van der Waals surface area contributed by atoms with Crippen LogP contribution in [0.3, 0.4) is 0 Å². The lowest BCUT2D eigenvalue weighted by molar-refractivity contribution is -0.143. The molecule has 2 fully saturated rings. The lowest BCUT2D eigenvalue weighted by atomic mass is 9.77. The maximum atomic E-state index is 13.9. The minimum absolute atomic E-state index is 0.0445. The van der Waals surface area contributed by atoms with Gasteiger partial charge in [0.2, 0.25) is 5.91 Å². The SMILES string of the molecule is Cc1ccc(C2C3CC(CCO)(CCO)C(=O)N3CCN2C(=O)N(C)Cc2cc(C(F)(F)F)cc(C(F)(F)F)c2)c(C)c1. The maximum absolute atomic E-state index is 13.9. The average molecular weight is 616 g/mol. The molecule has 2 heterocycles. The van der Waals surface area contributed by atoms with Gasteiger partial charge in [0.25, 0.3) is 0 Å². The molecule has 2 atom stereocenters. The zero-order valence-electron chi connectivity index (χ0n) is 24.1. The van der Waals surface area contributed by atoms with E-state index in [2.05, 4.69) is 0 Å². The summed E-state index contributed by atoms with van der Waals surface area (Å²) >= 11 is 0. The van der Waals surface area contributed by atoms with Crippen LogP contribution >= 0.6 is 0 Å². The van der Waals surface area contributed by atoms with E-state index in [0.717, 1.165) is 21.6 Å². The van der Waals surface area contributed by atoms with Crippen LogP contribution in [0.15, 0.2) is 36.4 Å². The summed E-state index contributed by atoms with van der Waals surface area (Å²) in [5.74, 6) is -0.223. The summed E-state index contributed by atoms with van der Waals surface area (Å²) in [6.45, 7) is 2.90. The Morgan fingerprint density at radius 1 is 0.953 bits per heavy atom. The normalized spacial score (nSPS) is 20.4. The fourth-order valence-electron chi connectivity index (χ4n) is 6.55. The topological polar surface area (TPSA) is 84.3 Å². The van der Waals surface area contributed by atoms with Crippen LogP contribution in [0.25, 0.3) is 0 Å². The number of hydrogen-bond donors (Lipinski definition) is 2. The third kappa shape index (κ3) is 6.47. The molecule has 7 nitrogen and oxygen atoms in total. The molecule has 2 aromatic rings. The molecular formula is C30H35F6N3O4. The summed E-state index contributed by atoms with van der Waals surface area (Å²) < 4.78 is 80.6. The second kappa shape index (κ2) is 12.0. The highest BCUT2D eigenvalue weighted by Gasteiger charge is 2.56. The number of benzene rings is 2. The van der Waals surface area contributed by atoms with E-state index in [1.165, 1.54) is 11.9 Å². The van der Waals surface area contributed by atoms with E-state index in [1.807, 2.05) is 32.0 Å². The molecule has 0 aliphatic carbocycles. The van der Waals surface area contributed by atoms with E-state index in [-0.39, 0.29) is 63.1 Å². The van der Waals surface area contributed by atoms with Gasteiger partial charge in [0.15, 0.2) is 0 Å². The highest BCUT2D eigenvalue weighted by Crippen LogP contribution is 2.49. The van der Waals surface area contributed by atoms with E-state index in [1.54, 1.807) is 4.90 Å². The number of urea groups is 1. The first-order valence-electron chi connectivity index (χ1n) is 13.9. The van der Waals surface area contributed by atoms with Gasteiger partial charge in [-0.1, -0.05) is 23.8 Å². The number of carbonyl (C=O) groups is 2. The largest absolute Gasteiger partial charge is 0.416 e. The predicted octanol–water partition coefficient (Wildman–Crippen LogP) is 5.30. The number of halogens is 6. The van der Waals surface area contributed by atoms with Gasteiger partial charge >= 0.3 is 18.4 Å². The van der Waals surface area contributed by atoms with E-state index < -0.39 is 53.6 Å². The van der Waals surface area contributed by atoms with Gasteiger partial charge in [0.05, 0.1) is 28.6 Å². The summed E-state index contributed by atoms with van der Waals surface area (Å²) in [5, 5.41) is 19.5. The van der Waals surface area contributed by atoms with Crippen LogP contribution < -0.4 is 0 Å². The van der Waals surface area contributed by atoms with Gasteiger partial charge in [0.1, 0.15) is 0 Å². The van der Waals surface area contributed by atoms with Crippen molar-refractivity contribution in [3.8, 4) is 0 Å². The molecule has 2 N–H and O–H groups in total. The molecule has 0 saturated carbocycles. The standard InChI is InChI=1S/C30H35F6N3O4/c1-18-4-5-23(19(2)12-18)25-24-16-28(6-10-40,7-11-41)26(42)38(24)8-9-39(25)27(43)37(3)17-20-13-21(29(31,32)33)15-22(14-20)30(34,35)36/h4-5,12-15,24-25,40-41H,6-11,16-17H2,1-3H3. The first-order chi connectivity index (χ1) is 20.0. The number of rotatable bonds is 7. The van der Waals surface area contributed by atoms with Crippen LogP contribution in [0, 0.1) is 19.3 Å². The number of piperazine rings is 1. The van der Waals surface area contributed by atoms with Gasteiger partial charge in [-0.15, -0.1) is 0 Å². The molecule has 0 spiro atoms. The van der Waals surface area contributed by atoms with Crippen molar-refractivity contribution < 1.29 is 46.1 Å². The number of aliphatic hydroxyl groups excluding tert-OH is 2. The third-order valence-corrected chi connectivity index (χ3v) is 8.56. The van der Waals surface area contributed by atoms with Crippen molar-refractivity contribution in [2.45, 2.75) is 64.1 Å². The molecule has 2 aliphatic rings. The molecule has 0 radical (unpaired) electrons. The zero-order chi connectivity index (χ0) is 31.9. The summed E-state index contributed by atoms with van der Waals surface area (Å²) in [7, 11) is 1.31. The minimum atomic E-state index is -5.02. The molecule has 2 unspecified atom stereocenters. The van der Waals surface area contributed by atoms with Gasteiger partial charge < -0.3 is 24.9 Å². The lowest BCUT2D eigenvalue weighted by Crippen LogP contribution is -2.57. The smallest absolute Gasteiger partial charge is 0.396 e. The lowest BCUT2D eigenvalue weighted by Gasteiger charge is -2.46. The number of carbonyl (C=O) groups excluding carboxylic acids is 2. The Bertz CT molecular complexity index is 1320. The number of aryl methyl sites for hydroxylation is 2. The first-order valence-corrected chi connectivity index (χ1v) is 13.9. The van der Waals surface area contributed by atoms with Crippen molar-refractivity contribution in [1.82, 2.24) is 14.7 Å². The molecular weight excluding hydrogens is 580 g/mol. The van der Waals surface area contributed by atoms with E-state index in [0.29, 0.717) is 12.1 Å². The van der Waals surface area contributed by atoms with Gasteiger partial charge in [-0.05, 0) is 68.0 Å². The Labute approximate surface area is 245 Å². The highest BCUT2D eigenvalue weighted by atomic mass is 19.4. The minimum Gasteiger partial charge on any atom is -0.396 e. The quantitative estimate of drug-likeness (QED) is 0.414. The van der Waals surface area contributed by atoms with Gasteiger partial charge in [-0.25, -0.2) is 4.79 Å². The van der Waals surface area contributed by atoms with Gasteiger partial charge in [0, 0.05) is 39.9 Å². The van der Waals surface area contributed by atoms with E-state index in [9.17, 15) is 46.1 Å². The molecule has 13 heteroatoms. The molecule has 43 heavy (non-hydrogen) atoms. The van der Waals surface area contributed by atoms with Crippen molar-refractivity contribution in [2.75, 3.05) is 33.4 Å². The number of hydrogen-bond acceptors (Lipinski definition) is 4. The van der Waals surface area contributed by atoms with Crippen LogP contribution in [-0.2, 0) is 23.7 Å². The van der Waals surface area contributed by atoms with Crippen LogP contribution in [0.4, 0.5) is 31.1 Å². The van der Waals surface area contributed by atoms with Gasteiger partial charge in [-0.2, -0.15) is 26.3 Å². The van der Waals surface area contributed by atoms with Gasteiger partial charge in [-0.3, -0.25) is 4.79 Å². The number of aliphatic hydroxyl groups is 2. The Morgan fingerprint density at radius 2 is 1.53 bits per heavy atom. The van der Waals surface area contributed by atoms with Crippen LogP contribution in [-0.4, -0.2) is 76.2 Å². The highest BCUT2D eigenvalue weighted by molar-refractivity contribution is 5.86. The Balaban J connectivity index is 1.72. The zero-order valence-corrected chi connectivity index (χ0v) is 24.1. The molecule has 3 amide bonds. The Hall–Kier alpha value is -3.32. The number of alkyl halides is 6. The molecule has 236 valence electrons. The molecule has 2 aliphatic heterocycles. The molecule has 2 saturated heterocycles. The summed E-state index contributed by atoms with van der Waals surface area (Å²) in [4.78, 5) is 31.8.